The number of para-hydroxylation sites is 1. The standard InChI is InChI=1S/C15H16INO2/c1-18-12-6-8-13(9-7-12)19-11-10-17-15-5-3-2-4-14(15)16/h2-9,17H,10-11H2,1H3. The zero-order valence-corrected chi connectivity index (χ0v) is 12.9. The fourth-order valence-corrected chi connectivity index (χ4v) is 2.21. The van der Waals surface area contributed by atoms with Crippen molar-refractivity contribution in [3.05, 3.63) is 52.1 Å². The predicted molar refractivity (Wildman–Crippen MR) is 86.1 cm³/mol. The SMILES string of the molecule is COc1ccc(OCCNc2ccccc2I)cc1. The van der Waals surface area contributed by atoms with E-state index in [4.69, 9.17) is 9.47 Å². The first-order valence-corrected chi connectivity index (χ1v) is 7.13. The highest BCUT2D eigenvalue weighted by atomic mass is 127. The zero-order valence-electron chi connectivity index (χ0n) is 10.7. The molecule has 0 atom stereocenters. The Kier molecular flexibility index (Phi) is 5.32. The zero-order chi connectivity index (χ0) is 13.5. The third-order valence-electron chi connectivity index (χ3n) is 2.62. The third-order valence-corrected chi connectivity index (χ3v) is 3.56. The van der Waals surface area contributed by atoms with Crippen molar-refractivity contribution in [2.45, 2.75) is 0 Å². The van der Waals surface area contributed by atoms with Gasteiger partial charge < -0.3 is 14.8 Å². The first-order valence-electron chi connectivity index (χ1n) is 6.05. The molecule has 0 radical (unpaired) electrons. The van der Waals surface area contributed by atoms with Crippen LogP contribution in [0.25, 0.3) is 0 Å². The van der Waals surface area contributed by atoms with Gasteiger partial charge in [-0.15, -0.1) is 0 Å². The Hall–Kier alpha value is -1.43. The number of nitrogens with one attached hydrogen (secondary N) is 1. The van der Waals surface area contributed by atoms with Gasteiger partial charge in [-0.1, -0.05) is 12.1 Å². The Balaban J connectivity index is 1.76. The Morgan fingerprint density at radius 1 is 1.00 bits per heavy atom. The minimum atomic E-state index is 0.622. The number of rotatable bonds is 6. The molecule has 3 nitrogen and oxygen atoms in total. The van der Waals surface area contributed by atoms with E-state index < -0.39 is 0 Å². The fraction of sp³-hybridized carbons (Fsp3) is 0.200. The summed E-state index contributed by atoms with van der Waals surface area (Å²) in [6.07, 6.45) is 0. The van der Waals surface area contributed by atoms with Gasteiger partial charge in [0.15, 0.2) is 0 Å². The van der Waals surface area contributed by atoms with Crippen LogP contribution in [0.2, 0.25) is 0 Å². The number of benzene rings is 2. The molecule has 2 aromatic rings. The van der Waals surface area contributed by atoms with Crippen molar-refractivity contribution in [1.82, 2.24) is 0 Å². The largest absolute Gasteiger partial charge is 0.497 e. The Morgan fingerprint density at radius 2 is 1.68 bits per heavy atom. The Morgan fingerprint density at radius 3 is 2.37 bits per heavy atom. The molecule has 0 bridgehead atoms. The van der Waals surface area contributed by atoms with E-state index in [2.05, 4.69) is 40.0 Å². The molecule has 0 unspecified atom stereocenters. The molecule has 0 aromatic heterocycles. The van der Waals surface area contributed by atoms with E-state index >= 15 is 0 Å². The monoisotopic (exact) mass is 369 g/mol. The first-order chi connectivity index (χ1) is 9.29. The topological polar surface area (TPSA) is 30.5 Å². The molecule has 19 heavy (non-hydrogen) atoms. The minimum Gasteiger partial charge on any atom is -0.497 e. The second-order valence-electron chi connectivity index (χ2n) is 3.93. The Bertz CT molecular complexity index is 514. The first kappa shape index (κ1) is 14.0. The molecule has 0 aliphatic carbocycles. The van der Waals surface area contributed by atoms with Crippen LogP contribution in [0.1, 0.15) is 0 Å². The van der Waals surface area contributed by atoms with Gasteiger partial charge in [0.1, 0.15) is 18.1 Å². The van der Waals surface area contributed by atoms with Gasteiger partial charge in [-0.3, -0.25) is 0 Å². The number of hydrogen-bond acceptors (Lipinski definition) is 3. The summed E-state index contributed by atoms with van der Waals surface area (Å²) in [4.78, 5) is 0. The molecular weight excluding hydrogens is 353 g/mol. The molecule has 0 spiro atoms. The molecule has 2 aromatic carbocycles. The van der Waals surface area contributed by atoms with E-state index in [-0.39, 0.29) is 0 Å². The lowest BCUT2D eigenvalue weighted by Gasteiger charge is -2.10. The molecule has 100 valence electrons. The summed E-state index contributed by atoms with van der Waals surface area (Å²) in [6, 6.07) is 15.8. The van der Waals surface area contributed by atoms with Crippen LogP contribution in [0, 0.1) is 3.57 Å². The number of ether oxygens (including phenoxy) is 2. The van der Waals surface area contributed by atoms with Gasteiger partial charge in [-0.05, 0) is 59.0 Å². The predicted octanol–water partition coefficient (Wildman–Crippen LogP) is 3.79. The average Bonchev–Trinajstić information content (AvgIpc) is 2.46. The summed E-state index contributed by atoms with van der Waals surface area (Å²) in [6.45, 7) is 1.39. The van der Waals surface area contributed by atoms with Crippen LogP contribution in [0.3, 0.4) is 0 Å². The van der Waals surface area contributed by atoms with Crippen molar-refractivity contribution >= 4 is 28.3 Å². The maximum absolute atomic E-state index is 5.65. The molecule has 0 saturated carbocycles. The molecule has 0 saturated heterocycles. The van der Waals surface area contributed by atoms with Crippen LogP contribution in [0.5, 0.6) is 11.5 Å². The lowest BCUT2D eigenvalue weighted by molar-refractivity contribution is 0.331. The van der Waals surface area contributed by atoms with E-state index in [1.54, 1.807) is 7.11 Å². The van der Waals surface area contributed by atoms with Crippen molar-refractivity contribution in [2.24, 2.45) is 0 Å². The minimum absolute atomic E-state index is 0.622. The molecule has 4 heteroatoms. The van der Waals surface area contributed by atoms with Crippen LogP contribution in [-0.2, 0) is 0 Å². The van der Waals surface area contributed by atoms with E-state index in [9.17, 15) is 0 Å². The molecule has 0 fully saturated rings. The van der Waals surface area contributed by atoms with Gasteiger partial charge >= 0.3 is 0 Å². The Labute approximate surface area is 127 Å². The summed E-state index contributed by atoms with van der Waals surface area (Å²) in [5.41, 5.74) is 1.14. The number of anilines is 1. The molecule has 0 heterocycles. The fourth-order valence-electron chi connectivity index (χ4n) is 1.63. The lowest BCUT2D eigenvalue weighted by Crippen LogP contribution is -2.12. The quantitative estimate of drug-likeness (QED) is 0.621. The van der Waals surface area contributed by atoms with Crippen molar-refractivity contribution in [3.8, 4) is 11.5 Å². The highest BCUT2D eigenvalue weighted by Gasteiger charge is 1.98. The normalized spacial score (nSPS) is 10.0. The summed E-state index contributed by atoms with van der Waals surface area (Å²) in [7, 11) is 1.65. The molecule has 2 rings (SSSR count). The van der Waals surface area contributed by atoms with E-state index in [0.29, 0.717) is 6.61 Å². The average molecular weight is 369 g/mol. The van der Waals surface area contributed by atoms with Crippen molar-refractivity contribution in [3.63, 3.8) is 0 Å². The van der Waals surface area contributed by atoms with Crippen LogP contribution in [-0.4, -0.2) is 20.3 Å². The molecule has 0 aliphatic heterocycles. The van der Waals surface area contributed by atoms with Crippen molar-refractivity contribution < 1.29 is 9.47 Å². The maximum Gasteiger partial charge on any atom is 0.119 e. The van der Waals surface area contributed by atoms with Gasteiger partial charge in [-0.2, -0.15) is 0 Å². The molecule has 0 aliphatic rings. The number of hydrogen-bond donors (Lipinski definition) is 1. The van der Waals surface area contributed by atoms with E-state index in [1.807, 2.05) is 36.4 Å². The number of halogens is 1. The lowest BCUT2D eigenvalue weighted by atomic mass is 10.3. The second kappa shape index (κ2) is 7.23. The van der Waals surface area contributed by atoms with E-state index in [1.165, 1.54) is 3.57 Å². The second-order valence-corrected chi connectivity index (χ2v) is 5.09. The third kappa shape index (κ3) is 4.31. The number of methoxy groups -OCH3 is 1. The highest BCUT2D eigenvalue weighted by molar-refractivity contribution is 14.1. The van der Waals surface area contributed by atoms with Gasteiger partial charge in [0.05, 0.1) is 7.11 Å². The van der Waals surface area contributed by atoms with Crippen LogP contribution in [0.4, 0.5) is 5.69 Å². The summed E-state index contributed by atoms with van der Waals surface area (Å²) < 4.78 is 12.0. The molecule has 0 amide bonds. The summed E-state index contributed by atoms with van der Waals surface area (Å²) in [5, 5.41) is 3.35. The maximum atomic E-state index is 5.65. The van der Waals surface area contributed by atoms with Gasteiger partial charge in [0.25, 0.3) is 0 Å². The van der Waals surface area contributed by atoms with Crippen molar-refractivity contribution in [1.29, 1.82) is 0 Å². The smallest absolute Gasteiger partial charge is 0.119 e. The summed E-state index contributed by atoms with van der Waals surface area (Å²) >= 11 is 2.31. The van der Waals surface area contributed by atoms with Crippen molar-refractivity contribution in [2.75, 3.05) is 25.6 Å². The molecular formula is C15H16INO2. The van der Waals surface area contributed by atoms with Crippen LogP contribution >= 0.6 is 22.6 Å². The van der Waals surface area contributed by atoms with Crippen LogP contribution < -0.4 is 14.8 Å². The van der Waals surface area contributed by atoms with Gasteiger partial charge in [-0.25, -0.2) is 0 Å². The van der Waals surface area contributed by atoms with E-state index in [0.717, 1.165) is 23.7 Å². The van der Waals surface area contributed by atoms with Crippen LogP contribution in [0.15, 0.2) is 48.5 Å². The molecule has 1 N–H and O–H groups in total. The van der Waals surface area contributed by atoms with Gasteiger partial charge in [0.2, 0.25) is 0 Å². The highest BCUT2D eigenvalue weighted by Crippen LogP contribution is 2.18. The van der Waals surface area contributed by atoms with Gasteiger partial charge in [0, 0.05) is 15.8 Å². The summed E-state index contributed by atoms with van der Waals surface area (Å²) in [5.74, 6) is 1.69.